The molecule has 0 radical (unpaired) electrons. The molecule has 4 heteroatoms. The van der Waals surface area contributed by atoms with E-state index in [9.17, 15) is 0 Å². The molecular formula is C15H18N4. The lowest BCUT2D eigenvalue weighted by Gasteiger charge is -2.08. The number of imidazole rings is 1. The number of rotatable bonds is 3. The van der Waals surface area contributed by atoms with E-state index in [4.69, 9.17) is 5.73 Å². The van der Waals surface area contributed by atoms with Gasteiger partial charge in [-0.3, -0.25) is 0 Å². The molecule has 2 heterocycles. The Morgan fingerprint density at radius 1 is 1.42 bits per heavy atom. The molecule has 19 heavy (non-hydrogen) atoms. The molecule has 3 N–H and O–H groups in total. The quantitative estimate of drug-likeness (QED) is 0.755. The van der Waals surface area contributed by atoms with Gasteiger partial charge in [0.05, 0.1) is 12.0 Å². The number of H-pyrrole nitrogens is 1. The van der Waals surface area contributed by atoms with Gasteiger partial charge in [0.1, 0.15) is 5.69 Å². The van der Waals surface area contributed by atoms with E-state index in [1.54, 1.807) is 0 Å². The first-order valence-corrected chi connectivity index (χ1v) is 6.51. The van der Waals surface area contributed by atoms with Gasteiger partial charge in [-0.25, -0.2) is 4.98 Å². The van der Waals surface area contributed by atoms with Crippen LogP contribution in [0.3, 0.4) is 0 Å². The Kier molecular flexibility index (Phi) is 2.87. The van der Waals surface area contributed by atoms with Gasteiger partial charge in [-0.05, 0) is 31.5 Å². The monoisotopic (exact) mass is 254 g/mol. The molecule has 0 bridgehead atoms. The SMILES string of the molecule is Cc1cccc2[nH]c(-c3cn(C(C)CN)cn3)cc12. The van der Waals surface area contributed by atoms with E-state index >= 15 is 0 Å². The second-order valence-corrected chi connectivity index (χ2v) is 5.01. The summed E-state index contributed by atoms with van der Waals surface area (Å²) >= 11 is 0. The van der Waals surface area contributed by atoms with E-state index in [0.717, 1.165) is 16.9 Å². The highest BCUT2D eigenvalue weighted by Gasteiger charge is 2.09. The second kappa shape index (κ2) is 4.55. The topological polar surface area (TPSA) is 59.6 Å². The van der Waals surface area contributed by atoms with Crippen molar-refractivity contribution in [2.75, 3.05) is 6.54 Å². The number of nitrogens with one attached hydrogen (secondary N) is 1. The van der Waals surface area contributed by atoms with Crippen LogP contribution in [0.4, 0.5) is 0 Å². The standard InChI is InChI=1S/C15H18N4/c1-10-4-3-5-13-12(10)6-14(18-13)15-8-19(9-17-15)11(2)7-16/h3-6,8-9,11,18H,7,16H2,1-2H3. The Labute approximate surface area is 112 Å². The Morgan fingerprint density at radius 3 is 3.00 bits per heavy atom. The van der Waals surface area contributed by atoms with Crippen LogP contribution in [0.15, 0.2) is 36.8 Å². The maximum atomic E-state index is 5.68. The van der Waals surface area contributed by atoms with Gasteiger partial charge in [-0.1, -0.05) is 12.1 Å². The summed E-state index contributed by atoms with van der Waals surface area (Å²) in [5, 5.41) is 1.25. The number of aryl methyl sites for hydroxylation is 1. The number of benzene rings is 1. The van der Waals surface area contributed by atoms with Gasteiger partial charge < -0.3 is 15.3 Å². The van der Waals surface area contributed by atoms with Crippen LogP contribution in [0, 0.1) is 6.92 Å². The molecule has 2 aromatic heterocycles. The van der Waals surface area contributed by atoms with Gasteiger partial charge in [-0.2, -0.15) is 0 Å². The normalized spacial score (nSPS) is 13.0. The van der Waals surface area contributed by atoms with Crippen molar-refractivity contribution < 1.29 is 0 Å². The minimum Gasteiger partial charge on any atom is -0.353 e. The van der Waals surface area contributed by atoms with Crippen LogP contribution in [-0.2, 0) is 0 Å². The molecule has 0 saturated carbocycles. The lowest BCUT2D eigenvalue weighted by molar-refractivity contribution is 0.558. The highest BCUT2D eigenvalue weighted by molar-refractivity contribution is 5.87. The first-order chi connectivity index (χ1) is 9.19. The number of hydrogen-bond donors (Lipinski definition) is 2. The van der Waals surface area contributed by atoms with E-state index in [1.165, 1.54) is 10.9 Å². The van der Waals surface area contributed by atoms with Crippen LogP contribution < -0.4 is 5.73 Å². The van der Waals surface area contributed by atoms with Crippen molar-refractivity contribution in [3.8, 4) is 11.4 Å². The number of hydrogen-bond acceptors (Lipinski definition) is 2. The zero-order chi connectivity index (χ0) is 13.4. The summed E-state index contributed by atoms with van der Waals surface area (Å²) in [7, 11) is 0. The summed E-state index contributed by atoms with van der Waals surface area (Å²) in [5.74, 6) is 0. The first-order valence-electron chi connectivity index (χ1n) is 6.51. The molecule has 3 rings (SSSR count). The van der Waals surface area contributed by atoms with E-state index in [-0.39, 0.29) is 6.04 Å². The summed E-state index contributed by atoms with van der Waals surface area (Å²) in [6.07, 6.45) is 3.88. The van der Waals surface area contributed by atoms with Crippen LogP contribution in [0.2, 0.25) is 0 Å². The molecule has 0 amide bonds. The van der Waals surface area contributed by atoms with Crippen LogP contribution in [0.25, 0.3) is 22.3 Å². The third-order valence-electron chi connectivity index (χ3n) is 3.61. The van der Waals surface area contributed by atoms with Crippen LogP contribution in [-0.4, -0.2) is 21.1 Å². The Bertz CT molecular complexity index is 708. The van der Waals surface area contributed by atoms with Gasteiger partial charge in [0.2, 0.25) is 0 Å². The van der Waals surface area contributed by atoms with Crippen molar-refractivity contribution in [1.29, 1.82) is 0 Å². The molecule has 4 nitrogen and oxygen atoms in total. The summed E-state index contributed by atoms with van der Waals surface area (Å²) in [6.45, 7) is 4.82. The summed E-state index contributed by atoms with van der Waals surface area (Å²) in [6, 6.07) is 8.70. The number of nitrogens with two attached hydrogens (primary N) is 1. The molecule has 0 spiro atoms. The fraction of sp³-hybridized carbons (Fsp3) is 0.267. The van der Waals surface area contributed by atoms with Crippen molar-refractivity contribution >= 4 is 10.9 Å². The van der Waals surface area contributed by atoms with Gasteiger partial charge >= 0.3 is 0 Å². The van der Waals surface area contributed by atoms with E-state index < -0.39 is 0 Å². The van der Waals surface area contributed by atoms with Gasteiger partial charge in [0.15, 0.2) is 0 Å². The first kappa shape index (κ1) is 12.0. The van der Waals surface area contributed by atoms with Crippen LogP contribution in [0.5, 0.6) is 0 Å². The largest absolute Gasteiger partial charge is 0.353 e. The second-order valence-electron chi connectivity index (χ2n) is 5.01. The van der Waals surface area contributed by atoms with Gasteiger partial charge in [0, 0.05) is 29.7 Å². The minimum absolute atomic E-state index is 0.271. The maximum absolute atomic E-state index is 5.68. The van der Waals surface area contributed by atoms with Crippen molar-refractivity contribution in [2.45, 2.75) is 19.9 Å². The molecule has 1 aromatic carbocycles. The third-order valence-corrected chi connectivity index (χ3v) is 3.61. The Hall–Kier alpha value is -2.07. The van der Waals surface area contributed by atoms with E-state index in [0.29, 0.717) is 6.54 Å². The van der Waals surface area contributed by atoms with Crippen molar-refractivity contribution in [1.82, 2.24) is 14.5 Å². The van der Waals surface area contributed by atoms with E-state index in [1.807, 2.05) is 17.1 Å². The number of aromatic amines is 1. The Balaban J connectivity index is 2.04. The lowest BCUT2D eigenvalue weighted by Crippen LogP contribution is -2.14. The molecule has 0 fully saturated rings. The molecule has 0 aliphatic heterocycles. The van der Waals surface area contributed by atoms with Crippen molar-refractivity contribution in [3.05, 3.63) is 42.4 Å². The van der Waals surface area contributed by atoms with Crippen molar-refractivity contribution in [2.24, 2.45) is 5.73 Å². The highest BCUT2D eigenvalue weighted by Crippen LogP contribution is 2.25. The minimum atomic E-state index is 0.271. The Morgan fingerprint density at radius 2 is 2.26 bits per heavy atom. The predicted octanol–water partition coefficient (Wildman–Crippen LogP) is 2.86. The molecule has 0 aliphatic carbocycles. The maximum Gasteiger partial charge on any atom is 0.104 e. The summed E-state index contributed by atoms with van der Waals surface area (Å²) in [5.41, 5.74) is 10.1. The van der Waals surface area contributed by atoms with Crippen LogP contribution >= 0.6 is 0 Å². The fourth-order valence-corrected chi connectivity index (χ4v) is 2.28. The summed E-state index contributed by atoms with van der Waals surface area (Å²) in [4.78, 5) is 7.87. The molecule has 1 atom stereocenters. The number of nitrogens with zero attached hydrogens (tertiary/aromatic N) is 2. The lowest BCUT2D eigenvalue weighted by atomic mass is 10.1. The summed E-state index contributed by atoms with van der Waals surface area (Å²) < 4.78 is 2.05. The zero-order valence-corrected chi connectivity index (χ0v) is 11.2. The molecule has 0 aliphatic rings. The molecular weight excluding hydrogens is 236 g/mol. The average molecular weight is 254 g/mol. The van der Waals surface area contributed by atoms with Gasteiger partial charge in [0.25, 0.3) is 0 Å². The zero-order valence-electron chi connectivity index (χ0n) is 11.2. The molecule has 98 valence electrons. The van der Waals surface area contributed by atoms with Crippen molar-refractivity contribution in [3.63, 3.8) is 0 Å². The third kappa shape index (κ3) is 2.04. The van der Waals surface area contributed by atoms with Gasteiger partial charge in [-0.15, -0.1) is 0 Å². The van der Waals surface area contributed by atoms with Crippen LogP contribution in [0.1, 0.15) is 18.5 Å². The fourth-order valence-electron chi connectivity index (χ4n) is 2.28. The molecule has 1 unspecified atom stereocenters. The number of aromatic nitrogens is 3. The molecule has 0 saturated heterocycles. The average Bonchev–Trinajstić information content (AvgIpc) is 3.04. The predicted molar refractivity (Wildman–Crippen MR) is 78.0 cm³/mol. The molecule has 3 aromatic rings. The number of fused-ring (bicyclic) bond motifs is 1. The smallest absolute Gasteiger partial charge is 0.104 e. The highest BCUT2D eigenvalue weighted by atomic mass is 15.1. The van der Waals surface area contributed by atoms with E-state index in [2.05, 4.69) is 48.1 Å².